The van der Waals surface area contributed by atoms with Crippen molar-refractivity contribution < 1.29 is 23.2 Å². The molecule has 0 saturated carbocycles. The van der Waals surface area contributed by atoms with Crippen molar-refractivity contribution in [1.29, 1.82) is 0 Å². The minimum absolute atomic E-state index is 0.00309. The van der Waals surface area contributed by atoms with Crippen molar-refractivity contribution >= 4 is 22.4 Å². The van der Waals surface area contributed by atoms with Gasteiger partial charge in [-0.1, -0.05) is 20.8 Å². The summed E-state index contributed by atoms with van der Waals surface area (Å²) in [5.41, 5.74) is 0. The molecule has 0 aromatic rings. The van der Waals surface area contributed by atoms with E-state index >= 15 is 0 Å². The SMILES string of the molecule is CC[Si](CC)(CC)OCC(=O)CO[PH](=O)O. The molecule has 5 nitrogen and oxygen atoms in total. The number of carbonyl (C=O) groups is 1. The van der Waals surface area contributed by atoms with Gasteiger partial charge in [0.2, 0.25) is 0 Å². The molecular formula is C9H21O5PSi. The highest BCUT2D eigenvalue weighted by atomic mass is 31.1. The third kappa shape index (κ3) is 5.91. The first-order valence-electron chi connectivity index (χ1n) is 5.51. The predicted octanol–water partition coefficient (Wildman–Crippen LogP) is 1.98. The van der Waals surface area contributed by atoms with E-state index in [2.05, 4.69) is 25.3 Å². The molecule has 0 spiro atoms. The average Bonchev–Trinajstić information content (AvgIpc) is 2.29. The third-order valence-corrected chi connectivity index (χ3v) is 7.84. The van der Waals surface area contributed by atoms with Gasteiger partial charge in [-0.15, -0.1) is 0 Å². The molecule has 0 aromatic heterocycles. The normalized spacial score (nSPS) is 13.8. The van der Waals surface area contributed by atoms with Gasteiger partial charge >= 0.3 is 8.25 Å². The Hall–Kier alpha value is -0.00312. The van der Waals surface area contributed by atoms with E-state index in [9.17, 15) is 9.36 Å². The molecule has 0 rings (SSSR count). The monoisotopic (exact) mass is 268 g/mol. The molecule has 0 aliphatic heterocycles. The molecule has 0 saturated heterocycles. The summed E-state index contributed by atoms with van der Waals surface area (Å²) in [5, 5.41) is 0. The molecule has 0 fully saturated rings. The lowest BCUT2D eigenvalue weighted by Crippen LogP contribution is -2.38. The van der Waals surface area contributed by atoms with Gasteiger partial charge < -0.3 is 13.8 Å². The van der Waals surface area contributed by atoms with Crippen LogP contribution in [-0.4, -0.2) is 32.2 Å². The Morgan fingerprint density at radius 3 is 2.06 bits per heavy atom. The molecule has 0 heterocycles. The second-order valence-electron chi connectivity index (χ2n) is 3.63. The lowest BCUT2D eigenvalue weighted by Gasteiger charge is -2.27. The summed E-state index contributed by atoms with van der Waals surface area (Å²) in [5.74, 6) is -0.278. The Morgan fingerprint density at radius 2 is 1.69 bits per heavy atom. The van der Waals surface area contributed by atoms with Crippen LogP contribution in [0.4, 0.5) is 0 Å². The fourth-order valence-corrected chi connectivity index (χ4v) is 4.34. The van der Waals surface area contributed by atoms with Gasteiger partial charge in [-0.05, 0) is 18.1 Å². The fourth-order valence-electron chi connectivity index (χ4n) is 1.47. The molecule has 0 bridgehead atoms. The average molecular weight is 268 g/mol. The number of hydrogen-bond donors (Lipinski definition) is 1. The van der Waals surface area contributed by atoms with E-state index < -0.39 is 16.6 Å². The van der Waals surface area contributed by atoms with Crippen LogP contribution >= 0.6 is 8.25 Å². The van der Waals surface area contributed by atoms with E-state index in [1.165, 1.54) is 0 Å². The maximum atomic E-state index is 11.3. The molecule has 0 aromatic carbocycles. The minimum Gasteiger partial charge on any atom is -0.409 e. The van der Waals surface area contributed by atoms with E-state index in [0.29, 0.717) is 0 Å². The second-order valence-corrected chi connectivity index (χ2v) is 9.22. The smallest absolute Gasteiger partial charge is 0.317 e. The van der Waals surface area contributed by atoms with Gasteiger partial charge in [0, 0.05) is 0 Å². The molecular weight excluding hydrogens is 247 g/mol. The summed E-state index contributed by atoms with van der Waals surface area (Å²) in [6.45, 7) is 5.89. The van der Waals surface area contributed by atoms with Gasteiger partial charge in [0.05, 0.1) is 6.61 Å². The minimum atomic E-state index is -3.01. The zero-order valence-corrected chi connectivity index (χ0v) is 12.1. The van der Waals surface area contributed by atoms with Gasteiger partial charge in [0.1, 0.15) is 6.61 Å². The summed E-state index contributed by atoms with van der Waals surface area (Å²) in [6.07, 6.45) is 0. The number of hydrogen-bond acceptors (Lipinski definition) is 4. The highest BCUT2D eigenvalue weighted by molar-refractivity contribution is 7.32. The van der Waals surface area contributed by atoms with E-state index in [-0.39, 0.29) is 19.0 Å². The molecule has 1 atom stereocenters. The van der Waals surface area contributed by atoms with Gasteiger partial charge in [0.15, 0.2) is 14.1 Å². The van der Waals surface area contributed by atoms with Crippen LogP contribution in [-0.2, 0) is 18.3 Å². The van der Waals surface area contributed by atoms with Crippen molar-refractivity contribution in [2.24, 2.45) is 0 Å². The number of Topliss-reactive ketones (excluding diaryl/α,β-unsaturated/α-hetero) is 1. The molecule has 1 N–H and O–H groups in total. The molecule has 0 radical (unpaired) electrons. The zero-order chi connectivity index (χ0) is 12.6. The van der Waals surface area contributed by atoms with Gasteiger partial charge in [0.25, 0.3) is 0 Å². The Bertz CT molecular complexity index is 234. The third-order valence-electron chi connectivity index (χ3n) is 2.83. The van der Waals surface area contributed by atoms with Crippen LogP contribution in [0.3, 0.4) is 0 Å². The van der Waals surface area contributed by atoms with E-state index in [1.54, 1.807) is 0 Å². The van der Waals surface area contributed by atoms with Gasteiger partial charge in [-0.3, -0.25) is 9.36 Å². The fraction of sp³-hybridized carbons (Fsp3) is 0.889. The summed E-state index contributed by atoms with van der Waals surface area (Å²) in [7, 11) is -4.76. The summed E-state index contributed by atoms with van der Waals surface area (Å²) < 4.78 is 20.3. The van der Waals surface area contributed by atoms with Crippen LogP contribution in [0.2, 0.25) is 18.1 Å². The largest absolute Gasteiger partial charge is 0.409 e. The molecule has 96 valence electrons. The lowest BCUT2D eigenvalue weighted by atomic mass is 10.5. The van der Waals surface area contributed by atoms with Crippen LogP contribution in [0.5, 0.6) is 0 Å². The van der Waals surface area contributed by atoms with E-state index in [1.807, 2.05) is 0 Å². The van der Waals surface area contributed by atoms with E-state index in [0.717, 1.165) is 18.1 Å². The predicted molar refractivity (Wildman–Crippen MR) is 65.3 cm³/mol. The first-order valence-corrected chi connectivity index (χ1v) is 9.30. The molecule has 0 aliphatic carbocycles. The first-order chi connectivity index (χ1) is 7.49. The molecule has 1 unspecified atom stereocenters. The number of rotatable bonds is 9. The molecule has 7 heteroatoms. The summed E-state index contributed by atoms with van der Waals surface area (Å²) in [6, 6.07) is 2.93. The lowest BCUT2D eigenvalue weighted by molar-refractivity contribution is -0.123. The van der Waals surface area contributed by atoms with Crippen LogP contribution < -0.4 is 0 Å². The Kier molecular flexibility index (Phi) is 8.14. The highest BCUT2D eigenvalue weighted by Crippen LogP contribution is 2.21. The maximum Gasteiger partial charge on any atom is 0.317 e. The topological polar surface area (TPSA) is 72.8 Å². The van der Waals surface area contributed by atoms with Crippen molar-refractivity contribution in [3.63, 3.8) is 0 Å². The molecule has 0 amide bonds. The molecule has 0 aliphatic rings. The Morgan fingerprint density at radius 1 is 1.19 bits per heavy atom. The summed E-state index contributed by atoms with van der Waals surface area (Å²) >= 11 is 0. The van der Waals surface area contributed by atoms with Crippen LogP contribution in [0.1, 0.15) is 20.8 Å². The van der Waals surface area contributed by atoms with Crippen molar-refractivity contribution in [3.05, 3.63) is 0 Å². The maximum absolute atomic E-state index is 11.3. The van der Waals surface area contributed by atoms with Crippen molar-refractivity contribution in [2.75, 3.05) is 13.2 Å². The first kappa shape index (κ1) is 16.0. The van der Waals surface area contributed by atoms with Crippen LogP contribution in [0.15, 0.2) is 0 Å². The van der Waals surface area contributed by atoms with Crippen molar-refractivity contribution in [1.82, 2.24) is 0 Å². The Balaban J connectivity index is 4.01. The van der Waals surface area contributed by atoms with Gasteiger partial charge in [-0.25, -0.2) is 0 Å². The van der Waals surface area contributed by atoms with Crippen LogP contribution in [0.25, 0.3) is 0 Å². The Labute approximate surface area is 98.2 Å². The van der Waals surface area contributed by atoms with E-state index in [4.69, 9.17) is 9.32 Å². The summed E-state index contributed by atoms with van der Waals surface area (Å²) in [4.78, 5) is 19.7. The highest BCUT2D eigenvalue weighted by Gasteiger charge is 2.29. The van der Waals surface area contributed by atoms with Gasteiger partial charge in [-0.2, -0.15) is 0 Å². The standard InChI is InChI=1S/C9H21O5PSi/c1-4-16(5-2,6-3)14-8-9(10)7-13-15(11)12/h15H,4-8H2,1-3H3,(H,11,12). The number of carbonyl (C=O) groups excluding carboxylic acids is 1. The zero-order valence-electron chi connectivity index (χ0n) is 10.1. The van der Waals surface area contributed by atoms with Crippen molar-refractivity contribution in [2.45, 2.75) is 38.9 Å². The quantitative estimate of drug-likeness (QED) is 0.511. The van der Waals surface area contributed by atoms with Crippen molar-refractivity contribution in [3.8, 4) is 0 Å². The van der Waals surface area contributed by atoms with Crippen LogP contribution in [0, 0.1) is 0 Å². The molecule has 16 heavy (non-hydrogen) atoms. The second kappa shape index (κ2) is 8.14. The number of ketones is 1.